The minimum atomic E-state index is -3.54. The molecule has 18 heavy (non-hydrogen) atoms. The van der Waals surface area contributed by atoms with Crippen LogP contribution in [0.3, 0.4) is 0 Å². The third-order valence-electron chi connectivity index (χ3n) is 1.97. The van der Waals surface area contributed by atoms with Crippen molar-refractivity contribution in [1.29, 1.82) is 0 Å². The number of carbonyl (C=O) groups is 1. The lowest BCUT2D eigenvalue weighted by atomic mass is 10.2. The van der Waals surface area contributed by atoms with Crippen LogP contribution in [0, 0.1) is 0 Å². The quantitative estimate of drug-likeness (QED) is 0.821. The van der Waals surface area contributed by atoms with Crippen LogP contribution in [-0.2, 0) is 14.8 Å². The fourth-order valence-electron chi connectivity index (χ4n) is 1.20. The van der Waals surface area contributed by atoms with Crippen LogP contribution in [0.15, 0.2) is 22.7 Å². The van der Waals surface area contributed by atoms with Crippen molar-refractivity contribution >= 4 is 37.6 Å². The van der Waals surface area contributed by atoms with Gasteiger partial charge in [-0.15, -0.1) is 0 Å². The normalized spacial score (nSPS) is 11.2. The van der Waals surface area contributed by atoms with Gasteiger partial charge < -0.3 is 9.84 Å². The predicted octanol–water partition coefficient (Wildman–Crippen LogP) is 1.54. The lowest BCUT2D eigenvalue weighted by Gasteiger charge is -2.08. The number of aromatic carboxylic acids is 1. The minimum Gasteiger partial charge on any atom is -0.478 e. The van der Waals surface area contributed by atoms with Crippen LogP contribution in [-0.4, -0.2) is 39.0 Å². The van der Waals surface area contributed by atoms with Crippen LogP contribution in [0.5, 0.6) is 0 Å². The van der Waals surface area contributed by atoms with Crippen molar-refractivity contribution in [3.8, 4) is 0 Å². The second kappa shape index (κ2) is 6.17. The smallest absolute Gasteiger partial charge is 0.335 e. The molecule has 0 amide bonds. The van der Waals surface area contributed by atoms with Gasteiger partial charge in [0.15, 0.2) is 0 Å². The number of halogens is 1. The molecule has 0 spiro atoms. The molecule has 6 nitrogen and oxygen atoms in total. The van der Waals surface area contributed by atoms with Gasteiger partial charge in [-0.25, -0.2) is 13.2 Å². The summed E-state index contributed by atoms with van der Waals surface area (Å²) in [6, 6.07) is 4.11. The maximum atomic E-state index is 11.6. The number of methoxy groups -OCH3 is 1. The molecule has 0 unspecified atom stereocenters. The van der Waals surface area contributed by atoms with Crippen LogP contribution >= 0.6 is 15.9 Å². The standard InChI is InChI=1S/C10H12BrNO5S/c1-17-2-3-18(15,16)12-9-5-7(10(13)14)4-8(11)6-9/h4-6,12H,2-3H2,1H3,(H,13,14). The fourth-order valence-corrected chi connectivity index (χ4v) is 2.65. The van der Waals surface area contributed by atoms with Crippen LogP contribution < -0.4 is 4.72 Å². The van der Waals surface area contributed by atoms with Crippen molar-refractivity contribution in [3.05, 3.63) is 28.2 Å². The molecule has 0 saturated carbocycles. The molecule has 0 heterocycles. The van der Waals surface area contributed by atoms with Gasteiger partial charge in [0.05, 0.1) is 23.6 Å². The molecular formula is C10H12BrNO5S. The van der Waals surface area contributed by atoms with E-state index in [0.29, 0.717) is 4.47 Å². The Morgan fingerprint density at radius 3 is 2.67 bits per heavy atom. The molecule has 0 aromatic heterocycles. The second-order valence-electron chi connectivity index (χ2n) is 3.45. The van der Waals surface area contributed by atoms with Gasteiger partial charge in [-0.3, -0.25) is 4.72 Å². The van der Waals surface area contributed by atoms with E-state index in [1.165, 1.54) is 25.3 Å². The van der Waals surface area contributed by atoms with E-state index < -0.39 is 16.0 Å². The van der Waals surface area contributed by atoms with Gasteiger partial charge in [-0.1, -0.05) is 15.9 Å². The zero-order valence-corrected chi connectivity index (χ0v) is 11.9. The van der Waals surface area contributed by atoms with E-state index in [1.807, 2.05) is 0 Å². The average Bonchev–Trinajstić information content (AvgIpc) is 2.25. The number of benzene rings is 1. The van der Waals surface area contributed by atoms with E-state index >= 15 is 0 Å². The van der Waals surface area contributed by atoms with Gasteiger partial charge in [-0.05, 0) is 18.2 Å². The summed E-state index contributed by atoms with van der Waals surface area (Å²) in [5.74, 6) is -1.33. The molecule has 2 N–H and O–H groups in total. The van der Waals surface area contributed by atoms with Crippen LogP contribution in [0.2, 0.25) is 0 Å². The maximum Gasteiger partial charge on any atom is 0.335 e. The summed E-state index contributed by atoms with van der Waals surface area (Å²) in [5.41, 5.74) is 0.187. The highest BCUT2D eigenvalue weighted by Gasteiger charge is 2.12. The van der Waals surface area contributed by atoms with E-state index in [4.69, 9.17) is 5.11 Å². The summed E-state index contributed by atoms with van der Waals surface area (Å²) in [6.45, 7) is 0.0646. The Hall–Kier alpha value is -1.12. The Morgan fingerprint density at radius 2 is 2.11 bits per heavy atom. The van der Waals surface area contributed by atoms with Crippen molar-refractivity contribution in [2.24, 2.45) is 0 Å². The van der Waals surface area contributed by atoms with E-state index in [1.54, 1.807) is 0 Å². The number of rotatable bonds is 6. The highest BCUT2D eigenvalue weighted by atomic mass is 79.9. The Morgan fingerprint density at radius 1 is 1.44 bits per heavy atom. The highest BCUT2D eigenvalue weighted by Crippen LogP contribution is 2.20. The fraction of sp³-hybridized carbons (Fsp3) is 0.300. The summed E-state index contributed by atoms with van der Waals surface area (Å²) in [4.78, 5) is 10.8. The molecule has 0 fully saturated rings. The minimum absolute atomic E-state index is 0.00573. The molecule has 1 aromatic carbocycles. The Bertz CT molecular complexity index is 543. The van der Waals surface area contributed by atoms with E-state index in [2.05, 4.69) is 25.4 Å². The molecule has 0 radical (unpaired) electrons. The molecule has 0 aliphatic rings. The number of carboxylic acids is 1. The van der Waals surface area contributed by atoms with Crippen molar-refractivity contribution in [1.82, 2.24) is 0 Å². The SMILES string of the molecule is COCCS(=O)(=O)Nc1cc(Br)cc(C(=O)O)c1. The van der Waals surface area contributed by atoms with Gasteiger partial charge in [0.1, 0.15) is 0 Å². The van der Waals surface area contributed by atoms with Gasteiger partial charge >= 0.3 is 5.97 Å². The van der Waals surface area contributed by atoms with E-state index in [9.17, 15) is 13.2 Å². The van der Waals surface area contributed by atoms with Crippen molar-refractivity contribution < 1.29 is 23.1 Å². The molecule has 0 bridgehead atoms. The molecule has 0 saturated heterocycles. The lowest BCUT2D eigenvalue weighted by molar-refractivity contribution is 0.0697. The number of hydrogen-bond acceptors (Lipinski definition) is 4. The third-order valence-corrected chi connectivity index (χ3v) is 3.68. The van der Waals surface area contributed by atoms with Crippen molar-refractivity contribution in [2.45, 2.75) is 0 Å². The van der Waals surface area contributed by atoms with Crippen LogP contribution in [0.1, 0.15) is 10.4 Å². The first-order valence-electron chi connectivity index (χ1n) is 4.87. The molecule has 0 aliphatic carbocycles. The maximum absolute atomic E-state index is 11.6. The van der Waals surface area contributed by atoms with Gasteiger partial charge in [-0.2, -0.15) is 0 Å². The summed E-state index contributed by atoms with van der Waals surface area (Å²) < 4.78 is 30.6. The molecule has 100 valence electrons. The number of sulfonamides is 1. The topological polar surface area (TPSA) is 92.7 Å². The predicted molar refractivity (Wildman–Crippen MR) is 70.4 cm³/mol. The molecular weight excluding hydrogens is 326 g/mol. The first-order valence-corrected chi connectivity index (χ1v) is 7.32. The van der Waals surface area contributed by atoms with Crippen LogP contribution in [0.4, 0.5) is 5.69 Å². The summed E-state index contributed by atoms with van der Waals surface area (Å²) in [6.07, 6.45) is 0. The molecule has 0 aliphatic heterocycles. The summed E-state index contributed by atoms with van der Waals surface area (Å²) in [5, 5.41) is 8.86. The summed E-state index contributed by atoms with van der Waals surface area (Å²) >= 11 is 3.12. The Balaban J connectivity index is 2.94. The van der Waals surface area contributed by atoms with E-state index in [-0.39, 0.29) is 23.6 Å². The molecule has 0 atom stereocenters. The third kappa shape index (κ3) is 4.63. The van der Waals surface area contributed by atoms with Gasteiger partial charge in [0.25, 0.3) is 0 Å². The molecule has 8 heteroatoms. The van der Waals surface area contributed by atoms with Crippen molar-refractivity contribution in [3.63, 3.8) is 0 Å². The highest BCUT2D eigenvalue weighted by molar-refractivity contribution is 9.10. The zero-order chi connectivity index (χ0) is 13.8. The van der Waals surface area contributed by atoms with E-state index in [0.717, 1.165) is 0 Å². The molecule has 1 rings (SSSR count). The number of nitrogens with one attached hydrogen (secondary N) is 1. The van der Waals surface area contributed by atoms with Crippen molar-refractivity contribution in [2.75, 3.05) is 24.2 Å². The molecule has 1 aromatic rings. The Kier molecular flexibility index (Phi) is 5.12. The Labute approximate surface area is 113 Å². The second-order valence-corrected chi connectivity index (χ2v) is 6.21. The van der Waals surface area contributed by atoms with Gasteiger partial charge in [0, 0.05) is 11.6 Å². The first kappa shape index (κ1) is 14.9. The largest absolute Gasteiger partial charge is 0.478 e. The van der Waals surface area contributed by atoms with Crippen LogP contribution in [0.25, 0.3) is 0 Å². The average molecular weight is 338 g/mol. The van der Waals surface area contributed by atoms with Gasteiger partial charge in [0.2, 0.25) is 10.0 Å². The number of ether oxygens (including phenoxy) is 1. The summed E-state index contributed by atoms with van der Waals surface area (Å²) in [7, 11) is -2.14. The monoisotopic (exact) mass is 337 g/mol. The number of carboxylic acid groups (broad SMARTS) is 1. The zero-order valence-electron chi connectivity index (χ0n) is 9.51. The first-order chi connectivity index (χ1) is 8.34. The number of anilines is 1. The number of hydrogen-bond donors (Lipinski definition) is 2. The lowest BCUT2D eigenvalue weighted by Crippen LogP contribution is -2.19.